The third-order valence-electron chi connectivity index (χ3n) is 8.94. The first kappa shape index (κ1) is 25.3. The number of ether oxygens (including phenoxy) is 1. The molecule has 6 rings (SSSR count). The van der Waals surface area contributed by atoms with Crippen LogP contribution in [0.25, 0.3) is 0 Å². The van der Waals surface area contributed by atoms with Crippen LogP contribution >= 0.6 is 0 Å². The zero-order valence-electron chi connectivity index (χ0n) is 21.4. The smallest absolute Gasteiger partial charge is 0.349 e. The summed E-state index contributed by atoms with van der Waals surface area (Å²) in [4.78, 5) is 14.4. The molecule has 0 aliphatic carbocycles. The highest BCUT2D eigenvalue weighted by Gasteiger charge is 2.57. The van der Waals surface area contributed by atoms with Crippen LogP contribution in [0.5, 0.6) is 0 Å². The summed E-state index contributed by atoms with van der Waals surface area (Å²) in [5.41, 5.74) is -1.15. The van der Waals surface area contributed by atoms with Crippen LogP contribution < -0.4 is 0 Å². The lowest BCUT2D eigenvalue weighted by molar-refractivity contribution is -0.956. The van der Waals surface area contributed by atoms with Gasteiger partial charge in [-0.15, -0.1) is 0 Å². The van der Waals surface area contributed by atoms with Gasteiger partial charge in [-0.25, -0.2) is 8.98 Å². The summed E-state index contributed by atoms with van der Waals surface area (Å²) >= 11 is 0. The summed E-state index contributed by atoms with van der Waals surface area (Å²) in [7, 11) is -4.33. The van der Waals surface area contributed by atoms with Crippen molar-refractivity contribution in [3.63, 3.8) is 0 Å². The molecule has 3 aromatic carbocycles. The number of carbonyl (C=O) groups is 1. The van der Waals surface area contributed by atoms with Crippen LogP contribution in [0.15, 0.2) is 95.9 Å². The average molecular weight is 533 g/mol. The molecule has 0 radical (unpaired) electrons. The van der Waals surface area contributed by atoms with Crippen molar-refractivity contribution in [3.05, 3.63) is 102 Å². The minimum atomic E-state index is -4.33. The lowest BCUT2D eigenvalue weighted by Crippen LogP contribution is -2.60. The Morgan fingerprint density at radius 2 is 1.21 bits per heavy atom. The predicted octanol–water partition coefficient (Wildman–Crippen LogP) is 5.18. The van der Waals surface area contributed by atoms with E-state index in [1.54, 1.807) is 66.7 Å². The fourth-order valence-corrected chi connectivity index (χ4v) is 8.40. The molecule has 0 aromatic heterocycles. The molecule has 3 fully saturated rings. The van der Waals surface area contributed by atoms with Crippen LogP contribution in [-0.4, -0.2) is 50.1 Å². The first-order valence-corrected chi connectivity index (χ1v) is 15.0. The lowest BCUT2D eigenvalue weighted by atomic mass is 9.86. The molecular weight excluding hydrogens is 498 g/mol. The molecule has 3 heterocycles. The van der Waals surface area contributed by atoms with E-state index in [0.717, 1.165) is 12.8 Å². The number of hydrogen-bond donors (Lipinski definition) is 0. The number of esters is 1. The molecule has 2 bridgehead atoms. The minimum Gasteiger partial charge on any atom is -0.459 e. The highest BCUT2D eigenvalue weighted by molar-refractivity contribution is 7.86. The van der Waals surface area contributed by atoms with Gasteiger partial charge in [0, 0.05) is 49.7 Å². The number of carbonyl (C=O) groups excluding carboxylic acids is 1. The molecule has 0 amide bonds. The maximum Gasteiger partial charge on any atom is 0.349 e. The van der Waals surface area contributed by atoms with Gasteiger partial charge in [0.15, 0.2) is 0 Å². The molecule has 0 N–H and O–H groups in total. The molecule has 0 saturated carbocycles. The van der Waals surface area contributed by atoms with Gasteiger partial charge in [0.25, 0.3) is 10.1 Å². The number of nitrogens with zero attached hydrogens (tertiary/aromatic N) is 1. The quantitative estimate of drug-likeness (QED) is 0.238. The van der Waals surface area contributed by atoms with Crippen LogP contribution in [0, 0.1) is 0 Å². The minimum absolute atomic E-state index is 0.0137. The van der Waals surface area contributed by atoms with Gasteiger partial charge in [0.1, 0.15) is 6.10 Å². The maximum absolute atomic E-state index is 14.4. The molecule has 3 saturated heterocycles. The predicted molar refractivity (Wildman–Crippen MR) is 144 cm³/mol. The monoisotopic (exact) mass is 532 g/mol. The van der Waals surface area contributed by atoms with Gasteiger partial charge in [-0.05, 0) is 12.1 Å². The Balaban J connectivity index is 1.39. The second kappa shape index (κ2) is 9.95. The fourth-order valence-electron chi connectivity index (χ4n) is 7.22. The van der Waals surface area contributed by atoms with Crippen LogP contribution in [0.1, 0.15) is 49.7 Å². The van der Waals surface area contributed by atoms with E-state index >= 15 is 0 Å². The van der Waals surface area contributed by atoms with Crippen LogP contribution in [0.2, 0.25) is 0 Å². The summed E-state index contributed by atoms with van der Waals surface area (Å²) in [6.07, 6.45) is 6.24. The molecule has 38 heavy (non-hydrogen) atoms. The molecule has 3 aliphatic rings. The Morgan fingerprint density at radius 1 is 0.737 bits per heavy atom. The SMILES string of the molecule is O=C(OC1CC2CCC(C1)[N+]21CCCC1)C(OS(=O)(=O)c1ccccc1)(c1ccccc1)c1ccccc1. The highest BCUT2D eigenvalue weighted by Crippen LogP contribution is 2.47. The van der Waals surface area contributed by atoms with E-state index in [2.05, 4.69) is 0 Å². The second-order valence-electron chi connectivity index (χ2n) is 10.9. The summed E-state index contributed by atoms with van der Waals surface area (Å²) in [6, 6.07) is 26.6. The van der Waals surface area contributed by atoms with E-state index < -0.39 is 21.7 Å². The van der Waals surface area contributed by atoms with Crippen molar-refractivity contribution in [2.75, 3.05) is 13.1 Å². The first-order chi connectivity index (χ1) is 18.4. The van der Waals surface area contributed by atoms with Crippen LogP contribution in [0.4, 0.5) is 0 Å². The van der Waals surface area contributed by atoms with Crippen LogP contribution in [-0.2, 0) is 29.4 Å². The number of benzene rings is 3. The normalized spacial score (nSPS) is 24.4. The van der Waals surface area contributed by atoms with Crippen molar-refractivity contribution in [2.45, 2.75) is 67.2 Å². The van der Waals surface area contributed by atoms with Gasteiger partial charge in [-0.1, -0.05) is 78.9 Å². The molecule has 6 nitrogen and oxygen atoms in total. The Bertz CT molecular complexity index is 1320. The van der Waals surface area contributed by atoms with E-state index in [1.165, 1.54) is 55.4 Å². The topological polar surface area (TPSA) is 69.7 Å². The van der Waals surface area contributed by atoms with Crippen molar-refractivity contribution >= 4 is 16.1 Å². The Labute approximate surface area is 224 Å². The molecule has 3 aromatic rings. The van der Waals surface area contributed by atoms with Gasteiger partial charge in [-0.3, -0.25) is 0 Å². The highest BCUT2D eigenvalue weighted by atomic mass is 32.2. The largest absolute Gasteiger partial charge is 0.459 e. The van der Waals surface area contributed by atoms with E-state index in [4.69, 9.17) is 8.92 Å². The van der Waals surface area contributed by atoms with Crippen molar-refractivity contribution < 1.29 is 26.6 Å². The Morgan fingerprint density at radius 3 is 1.71 bits per heavy atom. The van der Waals surface area contributed by atoms with Crippen molar-refractivity contribution in [1.82, 2.24) is 0 Å². The summed E-state index contributed by atoms with van der Waals surface area (Å²) < 4.78 is 40.8. The summed E-state index contributed by atoms with van der Waals surface area (Å²) in [6.45, 7) is 2.46. The number of piperidine rings is 1. The van der Waals surface area contributed by atoms with Gasteiger partial charge >= 0.3 is 5.97 Å². The Kier molecular flexibility index (Phi) is 6.62. The van der Waals surface area contributed by atoms with Gasteiger partial charge < -0.3 is 9.22 Å². The van der Waals surface area contributed by atoms with E-state index in [0.29, 0.717) is 23.2 Å². The van der Waals surface area contributed by atoms with Crippen molar-refractivity contribution in [2.24, 2.45) is 0 Å². The third kappa shape index (κ3) is 4.27. The molecule has 2 unspecified atom stereocenters. The standard InChI is InChI=1S/C31H34NO5S/c33-30(36-28-22-26-18-19-27(23-28)32(26)20-10-11-21-32)31(24-12-4-1-5-13-24,25-14-6-2-7-15-25)37-38(34,35)29-16-8-3-9-17-29/h1-9,12-17,26-28H,10-11,18-23H2/q+1. The van der Waals surface area contributed by atoms with Gasteiger partial charge in [0.05, 0.1) is 30.1 Å². The number of hydrogen-bond acceptors (Lipinski definition) is 5. The molecular formula is C31H34NO5S+. The van der Waals surface area contributed by atoms with Gasteiger partial charge in [0.2, 0.25) is 5.60 Å². The Hall–Kier alpha value is -3.00. The average Bonchev–Trinajstić information content (AvgIpc) is 3.49. The summed E-state index contributed by atoms with van der Waals surface area (Å²) in [5, 5.41) is 0. The molecule has 198 valence electrons. The third-order valence-corrected chi connectivity index (χ3v) is 10.3. The summed E-state index contributed by atoms with van der Waals surface area (Å²) in [5.74, 6) is -0.686. The zero-order valence-corrected chi connectivity index (χ0v) is 22.3. The second-order valence-corrected chi connectivity index (χ2v) is 12.5. The maximum atomic E-state index is 14.4. The van der Waals surface area contributed by atoms with E-state index in [-0.39, 0.29) is 11.0 Å². The van der Waals surface area contributed by atoms with Crippen molar-refractivity contribution in [1.29, 1.82) is 0 Å². The number of rotatable bonds is 7. The molecule has 1 spiro atoms. The zero-order chi connectivity index (χ0) is 26.2. The molecule has 3 aliphatic heterocycles. The van der Waals surface area contributed by atoms with E-state index in [1.807, 2.05) is 12.1 Å². The number of quaternary nitrogens is 1. The molecule has 2 atom stereocenters. The van der Waals surface area contributed by atoms with Crippen LogP contribution in [0.3, 0.4) is 0 Å². The fraction of sp³-hybridized carbons (Fsp3) is 0.387. The van der Waals surface area contributed by atoms with E-state index in [9.17, 15) is 13.2 Å². The first-order valence-electron chi connectivity index (χ1n) is 13.6. The van der Waals surface area contributed by atoms with Crippen molar-refractivity contribution in [3.8, 4) is 0 Å². The molecule has 7 heteroatoms. The van der Waals surface area contributed by atoms with Gasteiger partial charge in [-0.2, -0.15) is 8.42 Å². The lowest BCUT2D eigenvalue weighted by Gasteiger charge is -2.47.